The number of rotatable bonds is 5. The highest BCUT2D eigenvalue weighted by Crippen LogP contribution is 2.34. The Morgan fingerprint density at radius 3 is 2.81 bits per heavy atom. The third-order valence-corrected chi connectivity index (χ3v) is 8.45. The number of nitrogens with zero attached hydrogens (tertiary/aromatic N) is 6. The molecule has 0 radical (unpaired) electrons. The van der Waals surface area contributed by atoms with Gasteiger partial charge in [0.1, 0.15) is 12.1 Å². The Balaban J connectivity index is 1.47. The monoisotopic (exact) mass is 502 g/mol. The molecule has 0 unspecified atom stereocenters. The van der Waals surface area contributed by atoms with Crippen molar-refractivity contribution in [3.63, 3.8) is 0 Å². The van der Waals surface area contributed by atoms with E-state index in [0.717, 1.165) is 46.8 Å². The van der Waals surface area contributed by atoms with Gasteiger partial charge in [0.2, 0.25) is 0 Å². The number of thiazole rings is 1. The summed E-state index contributed by atoms with van der Waals surface area (Å²) in [6, 6.07) is 9.34. The van der Waals surface area contributed by atoms with Crippen LogP contribution >= 0.6 is 11.3 Å². The molecule has 1 fully saturated rings. The second-order valence-corrected chi connectivity index (χ2v) is 11.0. The molecule has 4 heterocycles. The molecule has 0 aliphatic carbocycles. The van der Waals surface area contributed by atoms with Crippen LogP contribution in [0.4, 0.5) is 5.69 Å². The predicted octanol–water partition coefficient (Wildman–Crippen LogP) is 4.73. The first kappa shape index (κ1) is 24.5. The molecular weight excluding hydrogens is 468 g/mol. The maximum Gasteiger partial charge on any atom is 0.252 e. The molecule has 0 amide bonds. The number of fused-ring (bicyclic) bond motifs is 2. The van der Waals surface area contributed by atoms with Gasteiger partial charge in [-0.25, -0.2) is 4.98 Å². The van der Waals surface area contributed by atoms with Crippen LogP contribution in [0.25, 0.3) is 21.3 Å². The van der Waals surface area contributed by atoms with E-state index in [0.29, 0.717) is 18.6 Å². The zero-order valence-electron chi connectivity index (χ0n) is 21.9. The molecule has 4 aromatic rings. The second-order valence-electron chi connectivity index (χ2n) is 9.81. The molecule has 8 heteroatoms. The summed E-state index contributed by atoms with van der Waals surface area (Å²) in [7, 11) is 1.81. The molecule has 0 saturated carbocycles. The molecule has 0 spiro atoms. The highest BCUT2D eigenvalue weighted by atomic mass is 32.1. The highest BCUT2D eigenvalue weighted by Gasteiger charge is 2.35. The molecule has 1 aliphatic heterocycles. The molecule has 1 aromatic carbocycles. The first-order chi connectivity index (χ1) is 17.3. The standard InChI is InChI=1S/C28H34N6OS/c1-7-9-12-32-17-25-28(30-32)24(14-27(35)31(25)6)33-16-22(8-2)34(15-18(33)3)19(4)21-10-11-23-26(13-21)36-20(5)29-23/h10-11,13-14,17-19,22H,8,12,15-16H2,1-6H3/t18-,19-,22+/m0/s1. The molecule has 1 saturated heterocycles. The smallest absolute Gasteiger partial charge is 0.252 e. The zero-order valence-corrected chi connectivity index (χ0v) is 22.8. The summed E-state index contributed by atoms with van der Waals surface area (Å²) in [5.74, 6) is 6.00. The molecule has 3 atom stereocenters. The largest absolute Gasteiger partial charge is 0.364 e. The van der Waals surface area contributed by atoms with Gasteiger partial charge in [0, 0.05) is 44.3 Å². The zero-order chi connectivity index (χ0) is 25.6. The van der Waals surface area contributed by atoms with Crippen LogP contribution in [-0.2, 0) is 13.6 Å². The average Bonchev–Trinajstić information content (AvgIpc) is 3.46. The molecule has 36 heavy (non-hydrogen) atoms. The van der Waals surface area contributed by atoms with Gasteiger partial charge in [0.15, 0.2) is 0 Å². The van der Waals surface area contributed by atoms with E-state index in [1.807, 2.05) is 24.9 Å². The van der Waals surface area contributed by atoms with Crippen molar-refractivity contribution >= 4 is 38.3 Å². The van der Waals surface area contributed by atoms with Crippen molar-refractivity contribution in [3.8, 4) is 11.8 Å². The van der Waals surface area contributed by atoms with Gasteiger partial charge in [-0.3, -0.25) is 14.4 Å². The lowest BCUT2D eigenvalue weighted by Crippen LogP contribution is -2.58. The quantitative estimate of drug-likeness (QED) is 0.370. The summed E-state index contributed by atoms with van der Waals surface area (Å²) in [6.07, 6.45) is 2.96. The average molecular weight is 503 g/mol. The molecule has 1 aliphatic rings. The van der Waals surface area contributed by atoms with Crippen molar-refractivity contribution in [2.24, 2.45) is 7.05 Å². The lowest BCUT2D eigenvalue weighted by Gasteiger charge is -2.48. The van der Waals surface area contributed by atoms with Crippen molar-refractivity contribution in [2.75, 3.05) is 18.0 Å². The Labute approximate surface area is 216 Å². The van der Waals surface area contributed by atoms with Crippen molar-refractivity contribution in [1.82, 2.24) is 24.2 Å². The van der Waals surface area contributed by atoms with Crippen molar-refractivity contribution in [1.29, 1.82) is 0 Å². The lowest BCUT2D eigenvalue weighted by atomic mass is 9.98. The van der Waals surface area contributed by atoms with E-state index in [4.69, 9.17) is 5.10 Å². The van der Waals surface area contributed by atoms with E-state index in [-0.39, 0.29) is 11.6 Å². The molecule has 7 nitrogen and oxygen atoms in total. The fraction of sp³-hybridized carbons (Fsp3) is 0.464. The Hall–Kier alpha value is -3.15. The molecule has 3 aromatic heterocycles. The van der Waals surface area contributed by atoms with E-state index >= 15 is 0 Å². The van der Waals surface area contributed by atoms with Crippen LogP contribution in [-0.4, -0.2) is 49.4 Å². The number of piperazine rings is 1. The minimum atomic E-state index is -0.0113. The summed E-state index contributed by atoms with van der Waals surface area (Å²) < 4.78 is 4.77. The number of aryl methyl sites for hydroxylation is 2. The molecule has 0 N–H and O–H groups in total. The molecule has 0 bridgehead atoms. The van der Waals surface area contributed by atoms with Crippen LogP contribution in [0, 0.1) is 18.8 Å². The number of anilines is 1. The molecule has 188 valence electrons. The van der Waals surface area contributed by atoms with Crippen molar-refractivity contribution in [3.05, 3.63) is 51.4 Å². The topological polar surface area (TPSA) is 59.2 Å². The van der Waals surface area contributed by atoms with E-state index in [9.17, 15) is 4.79 Å². The summed E-state index contributed by atoms with van der Waals surface area (Å²) in [4.78, 5) is 22.5. The maximum atomic E-state index is 12.9. The first-order valence-electron chi connectivity index (χ1n) is 12.7. The van der Waals surface area contributed by atoms with Crippen LogP contribution in [0.5, 0.6) is 0 Å². The second kappa shape index (κ2) is 9.72. The van der Waals surface area contributed by atoms with Gasteiger partial charge in [-0.05, 0) is 51.8 Å². The SMILES string of the molecule is CC#CCn1cc2c(n1)c(N1C[C@@H](CC)N([C@@H](C)c3ccc4nc(C)sc4c3)C[C@@H]1C)cc(=O)n2C. The summed E-state index contributed by atoms with van der Waals surface area (Å²) in [6.45, 7) is 13.0. The van der Waals surface area contributed by atoms with Gasteiger partial charge in [-0.1, -0.05) is 18.9 Å². The fourth-order valence-electron chi connectivity index (χ4n) is 5.45. The predicted molar refractivity (Wildman–Crippen MR) is 149 cm³/mol. The van der Waals surface area contributed by atoms with Gasteiger partial charge in [-0.2, -0.15) is 5.10 Å². The number of hydrogen-bond donors (Lipinski definition) is 0. The fourth-order valence-corrected chi connectivity index (χ4v) is 6.32. The van der Waals surface area contributed by atoms with Gasteiger partial charge >= 0.3 is 0 Å². The molecule has 5 rings (SSSR count). The first-order valence-corrected chi connectivity index (χ1v) is 13.5. The Morgan fingerprint density at radius 2 is 2.06 bits per heavy atom. The summed E-state index contributed by atoms with van der Waals surface area (Å²) in [5.41, 5.74) is 5.04. The van der Waals surface area contributed by atoms with E-state index in [2.05, 4.69) is 72.5 Å². The van der Waals surface area contributed by atoms with Crippen LogP contribution in [0.3, 0.4) is 0 Å². The van der Waals surface area contributed by atoms with Gasteiger partial charge in [0.05, 0.1) is 32.6 Å². The third-order valence-electron chi connectivity index (χ3n) is 7.52. The summed E-state index contributed by atoms with van der Waals surface area (Å²) >= 11 is 1.76. The third kappa shape index (κ3) is 4.31. The number of benzene rings is 1. The van der Waals surface area contributed by atoms with E-state index in [1.165, 1.54) is 10.3 Å². The van der Waals surface area contributed by atoms with Crippen molar-refractivity contribution < 1.29 is 0 Å². The molecular formula is C28H34N6OS. The lowest BCUT2D eigenvalue weighted by molar-refractivity contribution is 0.106. The highest BCUT2D eigenvalue weighted by molar-refractivity contribution is 7.18. The summed E-state index contributed by atoms with van der Waals surface area (Å²) in [5, 5.41) is 5.94. The number of hydrogen-bond acceptors (Lipinski definition) is 6. The maximum absolute atomic E-state index is 12.9. The van der Waals surface area contributed by atoms with Gasteiger partial charge in [-0.15, -0.1) is 17.3 Å². The van der Waals surface area contributed by atoms with Gasteiger partial charge in [0.25, 0.3) is 5.56 Å². The van der Waals surface area contributed by atoms with Crippen molar-refractivity contribution in [2.45, 2.75) is 65.7 Å². The van der Waals surface area contributed by atoms with Crippen LogP contribution in [0.15, 0.2) is 35.3 Å². The Morgan fingerprint density at radius 1 is 1.25 bits per heavy atom. The van der Waals surface area contributed by atoms with E-state index in [1.54, 1.807) is 22.0 Å². The minimum Gasteiger partial charge on any atom is -0.364 e. The normalized spacial score (nSPS) is 19.6. The minimum absolute atomic E-state index is 0.0113. The van der Waals surface area contributed by atoms with E-state index < -0.39 is 0 Å². The Kier molecular flexibility index (Phi) is 6.62. The van der Waals surface area contributed by atoms with Crippen LogP contribution in [0.1, 0.15) is 50.7 Å². The van der Waals surface area contributed by atoms with Gasteiger partial charge < -0.3 is 9.47 Å². The number of pyridine rings is 1. The Bertz CT molecular complexity index is 1540. The van der Waals surface area contributed by atoms with Crippen LogP contribution < -0.4 is 10.5 Å². The van der Waals surface area contributed by atoms with Crippen LogP contribution in [0.2, 0.25) is 0 Å². The number of aromatic nitrogens is 4.